The quantitative estimate of drug-likeness (QED) is 0.771. The van der Waals surface area contributed by atoms with Gasteiger partial charge in [0, 0.05) is 12.6 Å². The van der Waals surface area contributed by atoms with Crippen LogP contribution in [-0.4, -0.2) is 47.2 Å². The van der Waals surface area contributed by atoms with Gasteiger partial charge < -0.3 is 14.7 Å². The molecule has 2 aliphatic rings. The average molecular weight is 269 g/mol. The molecule has 108 valence electrons. The summed E-state index contributed by atoms with van der Waals surface area (Å²) in [6.45, 7) is 2.86. The van der Waals surface area contributed by atoms with Crippen molar-refractivity contribution < 1.29 is 19.4 Å². The third kappa shape index (κ3) is 3.08. The zero-order valence-corrected chi connectivity index (χ0v) is 11.5. The number of hydrogen-bond acceptors (Lipinski definition) is 3. The highest BCUT2D eigenvalue weighted by molar-refractivity contribution is 5.84. The summed E-state index contributed by atoms with van der Waals surface area (Å²) >= 11 is 0. The van der Waals surface area contributed by atoms with E-state index in [-0.39, 0.29) is 11.9 Å². The molecule has 0 radical (unpaired) electrons. The summed E-state index contributed by atoms with van der Waals surface area (Å²) in [6, 6.07) is -0.480. The number of carboxylic acids is 1. The van der Waals surface area contributed by atoms with E-state index in [0.29, 0.717) is 32.0 Å². The molecule has 1 saturated heterocycles. The maximum atomic E-state index is 12.3. The minimum Gasteiger partial charge on any atom is -0.480 e. The van der Waals surface area contributed by atoms with E-state index >= 15 is 0 Å². The number of likely N-dealkylation sites (tertiary alicyclic amines) is 1. The van der Waals surface area contributed by atoms with Crippen LogP contribution in [0, 0.1) is 5.92 Å². The molecule has 0 spiro atoms. The van der Waals surface area contributed by atoms with Crippen LogP contribution in [0.3, 0.4) is 0 Å². The van der Waals surface area contributed by atoms with Gasteiger partial charge in [0.05, 0.1) is 13.0 Å². The Bertz CT molecular complexity index is 344. The summed E-state index contributed by atoms with van der Waals surface area (Å²) in [5.41, 5.74) is 0. The van der Waals surface area contributed by atoms with E-state index < -0.39 is 12.0 Å². The van der Waals surface area contributed by atoms with E-state index in [4.69, 9.17) is 4.74 Å². The number of rotatable bonds is 5. The second kappa shape index (κ2) is 6.37. The average Bonchev–Trinajstić information content (AvgIpc) is 2.78. The Labute approximate surface area is 113 Å². The van der Waals surface area contributed by atoms with Gasteiger partial charge in [-0.1, -0.05) is 12.8 Å². The summed E-state index contributed by atoms with van der Waals surface area (Å²) in [7, 11) is 0. The highest BCUT2D eigenvalue weighted by Gasteiger charge is 2.47. The first-order valence-electron chi connectivity index (χ1n) is 7.26. The molecule has 19 heavy (non-hydrogen) atoms. The van der Waals surface area contributed by atoms with Gasteiger partial charge in [0.2, 0.25) is 5.91 Å². The van der Waals surface area contributed by atoms with E-state index in [0.717, 1.165) is 25.7 Å². The van der Waals surface area contributed by atoms with Crippen molar-refractivity contribution in [3.05, 3.63) is 0 Å². The Morgan fingerprint density at radius 3 is 2.74 bits per heavy atom. The third-order valence-electron chi connectivity index (χ3n) is 4.33. The number of carbonyl (C=O) groups is 2. The topological polar surface area (TPSA) is 66.8 Å². The molecule has 0 aromatic carbocycles. The van der Waals surface area contributed by atoms with Crippen LogP contribution in [0.4, 0.5) is 0 Å². The van der Waals surface area contributed by atoms with E-state index in [2.05, 4.69) is 0 Å². The van der Waals surface area contributed by atoms with Gasteiger partial charge in [0.1, 0.15) is 6.04 Å². The van der Waals surface area contributed by atoms with Crippen LogP contribution >= 0.6 is 0 Å². The maximum Gasteiger partial charge on any atom is 0.326 e. The Kier molecular flexibility index (Phi) is 4.80. The van der Waals surface area contributed by atoms with Crippen LogP contribution in [-0.2, 0) is 14.3 Å². The number of ether oxygens (including phenoxy) is 1. The number of aliphatic carboxylic acids is 1. The second-order valence-corrected chi connectivity index (χ2v) is 5.45. The predicted octanol–water partition coefficient (Wildman–Crippen LogP) is 1.66. The summed E-state index contributed by atoms with van der Waals surface area (Å²) in [5.74, 6) is -0.541. The zero-order chi connectivity index (χ0) is 13.8. The number of fused-ring (bicyclic) bond motifs is 1. The molecular formula is C14H23NO4. The fourth-order valence-corrected chi connectivity index (χ4v) is 3.47. The van der Waals surface area contributed by atoms with Gasteiger partial charge in [-0.25, -0.2) is 4.79 Å². The normalized spacial score (nSPS) is 30.2. The summed E-state index contributed by atoms with van der Waals surface area (Å²) in [6.07, 6.45) is 5.19. The molecule has 0 bridgehead atoms. The minimum absolute atomic E-state index is 0.0600. The molecule has 0 aromatic rings. The first-order valence-corrected chi connectivity index (χ1v) is 7.26. The van der Waals surface area contributed by atoms with Crippen molar-refractivity contribution in [2.24, 2.45) is 5.92 Å². The molecule has 2 fully saturated rings. The zero-order valence-electron chi connectivity index (χ0n) is 11.5. The number of carbonyl (C=O) groups excluding carboxylic acids is 1. The van der Waals surface area contributed by atoms with Crippen LogP contribution in [0.25, 0.3) is 0 Å². The smallest absolute Gasteiger partial charge is 0.326 e. The van der Waals surface area contributed by atoms with Crippen molar-refractivity contribution in [2.45, 2.75) is 57.5 Å². The molecule has 1 aliphatic heterocycles. The van der Waals surface area contributed by atoms with Crippen LogP contribution in [0.15, 0.2) is 0 Å². The molecule has 2 rings (SSSR count). The van der Waals surface area contributed by atoms with Crippen molar-refractivity contribution >= 4 is 11.9 Å². The first kappa shape index (κ1) is 14.3. The van der Waals surface area contributed by atoms with Gasteiger partial charge in [-0.3, -0.25) is 4.79 Å². The number of nitrogens with zero attached hydrogens (tertiary/aromatic N) is 1. The van der Waals surface area contributed by atoms with Gasteiger partial charge in [0.15, 0.2) is 0 Å². The maximum absolute atomic E-state index is 12.3. The largest absolute Gasteiger partial charge is 0.480 e. The monoisotopic (exact) mass is 269 g/mol. The van der Waals surface area contributed by atoms with E-state index in [1.165, 1.54) is 0 Å². The highest BCUT2D eigenvalue weighted by atomic mass is 16.5. The Morgan fingerprint density at radius 2 is 2.05 bits per heavy atom. The third-order valence-corrected chi connectivity index (χ3v) is 4.33. The van der Waals surface area contributed by atoms with Crippen molar-refractivity contribution in [2.75, 3.05) is 13.2 Å². The SMILES string of the molecule is CCOCCC(=O)N1[C@H](C(=O)O)C[C@@H]2CCCC[C@@H]21. The number of carboxylic acid groups (broad SMARTS) is 1. The predicted molar refractivity (Wildman–Crippen MR) is 69.7 cm³/mol. The molecule has 1 heterocycles. The molecule has 3 atom stereocenters. The van der Waals surface area contributed by atoms with Gasteiger partial charge in [0.25, 0.3) is 0 Å². The Hall–Kier alpha value is -1.10. The van der Waals surface area contributed by atoms with Crippen LogP contribution < -0.4 is 0 Å². The van der Waals surface area contributed by atoms with Crippen molar-refractivity contribution in [1.82, 2.24) is 4.90 Å². The lowest BCUT2D eigenvalue weighted by Crippen LogP contribution is -2.46. The molecular weight excluding hydrogens is 246 g/mol. The molecule has 5 nitrogen and oxygen atoms in total. The van der Waals surface area contributed by atoms with E-state index in [1.807, 2.05) is 6.92 Å². The van der Waals surface area contributed by atoms with Crippen LogP contribution in [0.5, 0.6) is 0 Å². The molecule has 5 heteroatoms. The first-order chi connectivity index (χ1) is 9.15. The molecule has 1 N–H and O–H groups in total. The molecule has 0 aromatic heterocycles. The molecule has 0 unspecified atom stereocenters. The Balaban J connectivity index is 2.04. The lowest BCUT2D eigenvalue weighted by atomic mass is 9.84. The summed E-state index contributed by atoms with van der Waals surface area (Å²) < 4.78 is 5.20. The van der Waals surface area contributed by atoms with E-state index in [1.54, 1.807) is 4.90 Å². The highest BCUT2D eigenvalue weighted by Crippen LogP contribution is 2.40. The molecule has 1 aliphatic carbocycles. The summed E-state index contributed by atoms with van der Waals surface area (Å²) in [5, 5.41) is 9.33. The lowest BCUT2D eigenvalue weighted by molar-refractivity contribution is -0.150. The van der Waals surface area contributed by atoms with Crippen molar-refractivity contribution in [1.29, 1.82) is 0 Å². The number of amides is 1. The Morgan fingerprint density at radius 1 is 1.32 bits per heavy atom. The van der Waals surface area contributed by atoms with E-state index in [9.17, 15) is 14.7 Å². The van der Waals surface area contributed by atoms with Crippen molar-refractivity contribution in [3.63, 3.8) is 0 Å². The van der Waals surface area contributed by atoms with Crippen LogP contribution in [0.1, 0.15) is 45.4 Å². The van der Waals surface area contributed by atoms with Gasteiger partial charge in [-0.2, -0.15) is 0 Å². The van der Waals surface area contributed by atoms with Crippen molar-refractivity contribution in [3.8, 4) is 0 Å². The second-order valence-electron chi connectivity index (χ2n) is 5.45. The lowest BCUT2D eigenvalue weighted by Gasteiger charge is -2.33. The van der Waals surface area contributed by atoms with Crippen LogP contribution in [0.2, 0.25) is 0 Å². The number of hydrogen-bond donors (Lipinski definition) is 1. The van der Waals surface area contributed by atoms with Gasteiger partial charge >= 0.3 is 5.97 Å². The minimum atomic E-state index is -0.862. The van der Waals surface area contributed by atoms with Gasteiger partial charge in [-0.15, -0.1) is 0 Å². The van der Waals surface area contributed by atoms with Gasteiger partial charge in [-0.05, 0) is 32.1 Å². The fraction of sp³-hybridized carbons (Fsp3) is 0.857. The standard InChI is InChI=1S/C14H23NO4/c1-2-19-8-7-13(16)15-11-6-4-3-5-10(11)9-12(15)14(17)18/h10-12H,2-9H2,1H3,(H,17,18)/t10-,11-,12-/m0/s1. The molecule has 1 saturated carbocycles. The fourth-order valence-electron chi connectivity index (χ4n) is 3.47. The molecule has 1 amide bonds. The summed E-state index contributed by atoms with van der Waals surface area (Å²) in [4.78, 5) is 25.3.